The minimum atomic E-state index is -0.523. The first kappa shape index (κ1) is 28.6. The van der Waals surface area contributed by atoms with E-state index in [-0.39, 0.29) is 5.71 Å². The Morgan fingerprint density at radius 1 is 0.565 bits per heavy atom. The largest absolute Gasteiger partial charge is 0.464 e. The van der Waals surface area contributed by atoms with Gasteiger partial charge in [-0.25, -0.2) is 14.6 Å². The zero-order valence-corrected chi connectivity index (χ0v) is 25.2. The second-order valence-electron chi connectivity index (χ2n) is 10.7. The fourth-order valence-corrected chi connectivity index (χ4v) is 5.99. The maximum atomic E-state index is 12.9. The first-order valence-corrected chi connectivity index (χ1v) is 14.8. The molecule has 7 rings (SSSR count). The summed E-state index contributed by atoms with van der Waals surface area (Å²) < 4.78 is 10.2. The summed E-state index contributed by atoms with van der Waals surface area (Å²) in [5.41, 5.74) is 7.89. The predicted molar refractivity (Wildman–Crippen MR) is 182 cm³/mol. The van der Waals surface area contributed by atoms with Gasteiger partial charge in [0.1, 0.15) is 5.69 Å². The van der Waals surface area contributed by atoms with Crippen molar-refractivity contribution in [1.82, 2.24) is 4.98 Å². The van der Waals surface area contributed by atoms with Gasteiger partial charge in [0.2, 0.25) is 0 Å². The first-order chi connectivity index (χ1) is 22.6. The molecule has 1 N–H and O–H groups in total. The number of benzene rings is 5. The van der Waals surface area contributed by atoms with E-state index in [1.807, 2.05) is 97.1 Å². The monoisotopic (exact) mass is 603 g/mol. The Morgan fingerprint density at radius 3 is 1.65 bits per heavy atom. The van der Waals surface area contributed by atoms with Crippen LogP contribution in [0.25, 0.3) is 22.0 Å². The van der Waals surface area contributed by atoms with Gasteiger partial charge >= 0.3 is 11.9 Å². The van der Waals surface area contributed by atoms with Crippen LogP contribution in [0.4, 0.5) is 17.1 Å². The quantitative estimate of drug-likeness (QED) is 0.186. The molecule has 46 heavy (non-hydrogen) atoms. The molecule has 2 heterocycles. The number of aliphatic imine (C=N–C) groups is 1. The van der Waals surface area contributed by atoms with E-state index >= 15 is 0 Å². The number of methoxy groups -OCH3 is 2. The third kappa shape index (κ3) is 4.94. The van der Waals surface area contributed by atoms with E-state index in [1.165, 1.54) is 14.2 Å². The smallest absolute Gasteiger partial charge is 0.357 e. The number of nitrogens with one attached hydrogen (secondary N) is 1. The van der Waals surface area contributed by atoms with Crippen molar-refractivity contribution in [3.63, 3.8) is 0 Å². The molecule has 0 fully saturated rings. The van der Waals surface area contributed by atoms with Crippen LogP contribution in [0.2, 0.25) is 0 Å². The molecule has 5 aromatic carbocycles. The summed E-state index contributed by atoms with van der Waals surface area (Å²) in [6.45, 7) is 0. The second-order valence-corrected chi connectivity index (χ2v) is 10.7. The number of esters is 2. The highest BCUT2D eigenvalue weighted by Crippen LogP contribution is 2.42. The van der Waals surface area contributed by atoms with Gasteiger partial charge in [0, 0.05) is 44.5 Å². The van der Waals surface area contributed by atoms with Crippen molar-refractivity contribution in [2.24, 2.45) is 4.99 Å². The van der Waals surface area contributed by atoms with Crippen molar-refractivity contribution in [1.29, 1.82) is 0 Å². The minimum Gasteiger partial charge on any atom is -0.464 e. The summed E-state index contributed by atoms with van der Waals surface area (Å²) in [6.07, 6.45) is 0. The van der Waals surface area contributed by atoms with E-state index in [9.17, 15) is 9.59 Å². The molecular weight excluding hydrogens is 574 g/mol. The molecule has 0 unspecified atom stereocenters. The zero-order valence-electron chi connectivity index (χ0n) is 25.2. The number of nitrogens with zero attached hydrogens (tertiary/aromatic N) is 2. The number of para-hydroxylation sites is 2. The van der Waals surface area contributed by atoms with Gasteiger partial charge in [-0.05, 0) is 42.0 Å². The average Bonchev–Trinajstić information content (AvgIpc) is 3.69. The fourth-order valence-electron chi connectivity index (χ4n) is 5.99. The van der Waals surface area contributed by atoms with Gasteiger partial charge in [0.15, 0.2) is 5.71 Å². The Labute approximate surface area is 266 Å². The molecule has 0 amide bonds. The van der Waals surface area contributed by atoms with Crippen LogP contribution in [0.1, 0.15) is 32.9 Å². The summed E-state index contributed by atoms with van der Waals surface area (Å²) in [5.74, 6) is -1.00. The van der Waals surface area contributed by atoms with Crippen LogP contribution in [0.5, 0.6) is 0 Å². The molecule has 1 aliphatic rings. The number of H-pyrrole nitrogens is 1. The van der Waals surface area contributed by atoms with Gasteiger partial charge in [0.05, 0.1) is 25.6 Å². The molecule has 7 nitrogen and oxygen atoms in total. The minimum absolute atomic E-state index is 0.227. The molecule has 0 spiro atoms. The van der Waals surface area contributed by atoms with E-state index in [0.717, 1.165) is 44.5 Å². The second kappa shape index (κ2) is 12.1. The van der Waals surface area contributed by atoms with Crippen LogP contribution in [0.3, 0.4) is 0 Å². The fraction of sp³-hybridized carbons (Fsp3) is 0.0513. The first-order valence-electron chi connectivity index (χ1n) is 14.8. The zero-order chi connectivity index (χ0) is 31.6. The van der Waals surface area contributed by atoms with E-state index in [1.54, 1.807) is 0 Å². The number of ether oxygens (including phenoxy) is 2. The standard InChI is InChI=1S/C39H29N3O4/c1-45-38(43)36-31-19-11-9-17-29(31)34(40-36)33(35-30-18-10-12-20-32(30)37(41-35)39(44)46-2)25-21-23-28(24-22-25)42(26-13-5-3-6-14-26)27-15-7-4-8-16-27/h3-24,40H,1-2H3/b35-33-. The molecule has 0 saturated carbocycles. The summed E-state index contributed by atoms with van der Waals surface area (Å²) in [6, 6.07) is 43.8. The van der Waals surface area contributed by atoms with E-state index in [2.05, 4.69) is 46.3 Å². The van der Waals surface area contributed by atoms with Gasteiger partial charge in [-0.2, -0.15) is 0 Å². The van der Waals surface area contributed by atoms with Gasteiger partial charge in [0.25, 0.3) is 0 Å². The lowest BCUT2D eigenvalue weighted by Crippen LogP contribution is -2.15. The topological polar surface area (TPSA) is 84.0 Å². The maximum absolute atomic E-state index is 12.9. The molecular formula is C39H29N3O4. The lowest BCUT2D eigenvalue weighted by molar-refractivity contribution is -0.132. The van der Waals surface area contributed by atoms with Crippen molar-refractivity contribution in [3.05, 3.63) is 162 Å². The van der Waals surface area contributed by atoms with Crippen molar-refractivity contribution < 1.29 is 19.1 Å². The van der Waals surface area contributed by atoms with Crippen LogP contribution >= 0.6 is 0 Å². The number of anilines is 3. The maximum Gasteiger partial charge on any atom is 0.357 e. The lowest BCUT2D eigenvalue weighted by Gasteiger charge is -2.25. The molecule has 0 radical (unpaired) electrons. The normalized spacial score (nSPS) is 13.1. The Kier molecular flexibility index (Phi) is 7.48. The summed E-state index contributed by atoms with van der Waals surface area (Å²) in [5, 5.41) is 1.55. The molecule has 0 aliphatic carbocycles. The van der Waals surface area contributed by atoms with Crippen molar-refractivity contribution in [3.8, 4) is 0 Å². The number of hydrogen-bond acceptors (Lipinski definition) is 6. The molecule has 1 aliphatic heterocycles. The van der Waals surface area contributed by atoms with Gasteiger partial charge in [-0.3, -0.25) is 0 Å². The summed E-state index contributed by atoms with van der Waals surface area (Å²) in [4.78, 5) is 36.3. The average molecular weight is 604 g/mol. The highest BCUT2D eigenvalue weighted by molar-refractivity contribution is 6.47. The molecule has 224 valence electrons. The van der Waals surface area contributed by atoms with Crippen LogP contribution in [0.15, 0.2) is 138 Å². The predicted octanol–water partition coefficient (Wildman–Crippen LogP) is 8.32. The highest BCUT2D eigenvalue weighted by Gasteiger charge is 2.31. The van der Waals surface area contributed by atoms with Crippen LogP contribution in [-0.4, -0.2) is 36.9 Å². The SMILES string of the molecule is COC(=O)C1=N/C(=C(/c2ccc(N(c3ccccc3)c3ccccc3)cc2)c2[nH]c(C(=O)OC)c3ccccc23)c2ccccc21. The Hall–Kier alpha value is -6.21. The van der Waals surface area contributed by atoms with E-state index < -0.39 is 11.9 Å². The number of carbonyl (C=O) groups is 2. The third-order valence-corrected chi connectivity index (χ3v) is 8.07. The molecule has 1 aromatic heterocycles. The van der Waals surface area contributed by atoms with Gasteiger partial charge < -0.3 is 19.4 Å². The summed E-state index contributed by atoms with van der Waals surface area (Å²) >= 11 is 0. The number of aromatic amines is 1. The molecule has 0 bridgehead atoms. The Bertz CT molecular complexity index is 2110. The number of carbonyl (C=O) groups excluding carboxylic acids is 2. The van der Waals surface area contributed by atoms with Gasteiger partial charge in [-0.15, -0.1) is 0 Å². The van der Waals surface area contributed by atoms with Crippen molar-refractivity contribution >= 4 is 56.8 Å². The Morgan fingerprint density at radius 2 is 1.07 bits per heavy atom. The number of aromatic nitrogens is 1. The van der Waals surface area contributed by atoms with Crippen LogP contribution in [0, 0.1) is 0 Å². The van der Waals surface area contributed by atoms with Crippen LogP contribution in [-0.2, 0) is 14.3 Å². The molecule has 7 heteroatoms. The van der Waals surface area contributed by atoms with Crippen molar-refractivity contribution in [2.45, 2.75) is 0 Å². The Balaban J connectivity index is 1.48. The number of hydrogen-bond donors (Lipinski definition) is 1. The highest BCUT2D eigenvalue weighted by atomic mass is 16.5. The molecule has 6 aromatic rings. The van der Waals surface area contributed by atoms with Crippen molar-refractivity contribution in [2.75, 3.05) is 19.1 Å². The lowest BCUT2D eigenvalue weighted by atomic mass is 9.93. The number of fused-ring (bicyclic) bond motifs is 2. The molecule has 0 saturated heterocycles. The van der Waals surface area contributed by atoms with Crippen LogP contribution < -0.4 is 4.90 Å². The van der Waals surface area contributed by atoms with E-state index in [0.29, 0.717) is 22.6 Å². The summed E-state index contributed by atoms with van der Waals surface area (Å²) in [7, 11) is 2.71. The van der Waals surface area contributed by atoms with E-state index in [4.69, 9.17) is 14.5 Å². The van der Waals surface area contributed by atoms with Gasteiger partial charge in [-0.1, -0.05) is 97.1 Å². The number of rotatable bonds is 7. The third-order valence-electron chi connectivity index (χ3n) is 8.07. The molecule has 0 atom stereocenters.